The second-order valence-corrected chi connectivity index (χ2v) is 8.78. The van der Waals surface area contributed by atoms with Crippen LogP contribution in [0.3, 0.4) is 0 Å². The third-order valence-electron chi connectivity index (χ3n) is 4.76. The number of aryl methyl sites for hydroxylation is 1. The van der Waals surface area contributed by atoms with Crippen molar-refractivity contribution in [3.05, 3.63) is 106 Å². The number of ether oxygens (including phenoxy) is 1. The highest BCUT2D eigenvalue weighted by molar-refractivity contribution is 8.18. The summed E-state index contributed by atoms with van der Waals surface area (Å²) in [4.78, 5) is 24.2. The van der Waals surface area contributed by atoms with Gasteiger partial charge in [0.05, 0.1) is 4.91 Å². The lowest BCUT2D eigenvalue weighted by molar-refractivity contribution is -0.121. The van der Waals surface area contributed by atoms with Gasteiger partial charge in [0, 0.05) is 17.3 Å². The van der Waals surface area contributed by atoms with Crippen LogP contribution >= 0.6 is 23.4 Å². The van der Waals surface area contributed by atoms with E-state index in [9.17, 15) is 4.79 Å². The quantitative estimate of drug-likeness (QED) is 0.292. The van der Waals surface area contributed by atoms with Crippen molar-refractivity contribution < 1.29 is 9.53 Å². The van der Waals surface area contributed by atoms with E-state index in [1.807, 2.05) is 79.7 Å². The maximum Gasteiger partial charge on any atom is 0.267 e. The van der Waals surface area contributed by atoms with Crippen molar-refractivity contribution in [1.82, 2.24) is 9.88 Å². The van der Waals surface area contributed by atoms with Crippen molar-refractivity contribution in [2.75, 3.05) is 6.54 Å². The lowest BCUT2D eigenvalue weighted by Gasteiger charge is -2.12. The third kappa shape index (κ3) is 5.92. The molecule has 1 saturated heterocycles. The first kappa shape index (κ1) is 22.8. The molecule has 0 spiro atoms. The second kappa shape index (κ2) is 10.5. The van der Waals surface area contributed by atoms with Crippen LogP contribution in [0.1, 0.15) is 16.8 Å². The zero-order valence-electron chi connectivity index (χ0n) is 18.1. The third-order valence-corrected chi connectivity index (χ3v) is 6.02. The Morgan fingerprint density at radius 3 is 2.70 bits per heavy atom. The molecule has 0 saturated carbocycles. The normalized spacial score (nSPS) is 15.9. The number of carbonyl (C=O) groups excluding carboxylic acids is 1. The Bertz CT molecular complexity index is 1240. The van der Waals surface area contributed by atoms with Crippen LogP contribution in [0.2, 0.25) is 5.02 Å². The van der Waals surface area contributed by atoms with Crippen LogP contribution in [0, 0.1) is 6.92 Å². The van der Waals surface area contributed by atoms with Crippen molar-refractivity contribution in [3.63, 3.8) is 0 Å². The molecule has 0 radical (unpaired) electrons. The van der Waals surface area contributed by atoms with Crippen LogP contribution in [-0.2, 0) is 11.4 Å². The lowest BCUT2D eigenvalue weighted by atomic mass is 10.2. The molecular weight excluding hydrogens is 454 g/mol. The zero-order valence-corrected chi connectivity index (χ0v) is 19.6. The number of amidine groups is 1. The van der Waals surface area contributed by atoms with Gasteiger partial charge in [-0.05, 0) is 72.3 Å². The van der Waals surface area contributed by atoms with E-state index in [0.29, 0.717) is 34.1 Å². The number of aliphatic imine (C=N–C) groups is 1. The molecule has 1 fully saturated rings. The smallest absolute Gasteiger partial charge is 0.267 e. The van der Waals surface area contributed by atoms with Gasteiger partial charge in [0.1, 0.15) is 12.4 Å². The average Bonchev–Trinajstić information content (AvgIpc) is 3.08. The summed E-state index contributed by atoms with van der Waals surface area (Å²) in [6, 6.07) is 20.8. The molecule has 2 aromatic carbocycles. The fourth-order valence-corrected chi connectivity index (χ4v) is 4.29. The fourth-order valence-electron chi connectivity index (χ4n) is 3.16. The topological polar surface area (TPSA) is 54.8 Å². The van der Waals surface area contributed by atoms with Gasteiger partial charge in [-0.1, -0.05) is 48.0 Å². The molecule has 166 valence electrons. The summed E-state index contributed by atoms with van der Waals surface area (Å²) in [7, 11) is 0. The number of thioether (sulfide) groups is 1. The van der Waals surface area contributed by atoms with Crippen LogP contribution in [-0.4, -0.2) is 27.5 Å². The highest BCUT2D eigenvalue weighted by Gasteiger charge is 2.32. The summed E-state index contributed by atoms with van der Waals surface area (Å²) in [6.07, 6.45) is 3.54. The number of hydrogen-bond donors (Lipinski definition) is 0. The Morgan fingerprint density at radius 1 is 1.15 bits per heavy atom. The molecule has 3 aromatic rings. The van der Waals surface area contributed by atoms with Gasteiger partial charge in [0.15, 0.2) is 11.0 Å². The highest BCUT2D eigenvalue weighted by atomic mass is 35.5. The first-order valence-electron chi connectivity index (χ1n) is 10.3. The standard InChI is InChI=1S/C26H22ClN3O2S/c1-3-14-30-25(31)23(33-26(30)29-24-9-4-6-18(2)28-24)16-20-7-5-8-22(15-20)32-17-19-10-12-21(27)13-11-19/h3-13,15-16H,1,14,17H2,2H3/b23-16-,29-26+. The van der Waals surface area contributed by atoms with E-state index >= 15 is 0 Å². The number of carbonyl (C=O) groups is 1. The molecule has 0 unspecified atom stereocenters. The molecule has 7 heteroatoms. The van der Waals surface area contributed by atoms with Crippen LogP contribution in [0.4, 0.5) is 5.82 Å². The Morgan fingerprint density at radius 2 is 1.94 bits per heavy atom. The molecule has 5 nitrogen and oxygen atoms in total. The molecule has 4 rings (SSSR count). The Kier molecular flexibility index (Phi) is 7.27. The number of aromatic nitrogens is 1. The Hall–Kier alpha value is -3.35. The zero-order chi connectivity index (χ0) is 23.2. The molecule has 1 aliphatic rings. The number of pyridine rings is 1. The van der Waals surface area contributed by atoms with E-state index < -0.39 is 0 Å². The first-order valence-corrected chi connectivity index (χ1v) is 11.5. The van der Waals surface area contributed by atoms with E-state index in [4.69, 9.17) is 16.3 Å². The number of hydrogen-bond acceptors (Lipinski definition) is 5. The Balaban J connectivity index is 1.54. The molecule has 1 aliphatic heterocycles. The minimum atomic E-state index is -0.112. The van der Waals surface area contributed by atoms with Gasteiger partial charge in [-0.15, -0.1) is 6.58 Å². The van der Waals surface area contributed by atoms with Gasteiger partial charge in [-0.25, -0.2) is 9.98 Å². The van der Waals surface area contributed by atoms with Crippen LogP contribution in [0.25, 0.3) is 6.08 Å². The number of nitrogens with zero attached hydrogens (tertiary/aromatic N) is 3. The van der Waals surface area contributed by atoms with E-state index in [0.717, 1.165) is 22.6 Å². The summed E-state index contributed by atoms with van der Waals surface area (Å²) >= 11 is 7.26. The van der Waals surface area contributed by atoms with Gasteiger partial charge < -0.3 is 4.74 Å². The van der Waals surface area contributed by atoms with Crippen molar-refractivity contribution in [3.8, 4) is 5.75 Å². The molecule has 1 amide bonds. The molecule has 33 heavy (non-hydrogen) atoms. The highest BCUT2D eigenvalue weighted by Crippen LogP contribution is 2.34. The van der Waals surface area contributed by atoms with E-state index in [1.165, 1.54) is 11.8 Å². The van der Waals surface area contributed by atoms with Gasteiger partial charge >= 0.3 is 0 Å². The minimum absolute atomic E-state index is 0.112. The molecule has 0 N–H and O–H groups in total. The minimum Gasteiger partial charge on any atom is -0.489 e. The van der Waals surface area contributed by atoms with E-state index in [1.54, 1.807) is 11.0 Å². The van der Waals surface area contributed by atoms with E-state index in [2.05, 4.69) is 16.6 Å². The number of halogens is 1. The molecular formula is C26H22ClN3O2S. The predicted molar refractivity (Wildman–Crippen MR) is 136 cm³/mol. The van der Waals surface area contributed by atoms with Gasteiger partial charge in [-0.2, -0.15) is 0 Å². The van der Waals surface area contributed by atoms with Crippen LogP contribution < -0.4 is 4.74 Å². The first-order chi connectivity index (χ1) is 16.0. The van der Waals surface area contributed by atoms with Gasteiger partial charge in [0.2, 0.25) is 0 Å². The number of amides is 1. The summed E-state index contributed by atoms with van der Waals surface area (Å²) in [6.45, 7) is 6.48. The van der Waals surface area contributed by atoms with Crippen molar-refractivity contribution in [1.29, 1.82) is 0 Å². The van der Waals surface area contributed by atoms with Crippen LogP contribution in [0.15, 0.2) is 89.3 Å². The number of rotatable bonds is 7. The monoisotopic (exact) mass is 475 g/mol. The van der Waals surface area contributed by atoms with Crippen molar-refractivity contribution in [2.45, 2.75) is 13.5 Å². The molecule has 2 heterocycles. The fraction of sp³-hybridized carbons (Fsp3) is 0.115. The van der Waals surface area contributed by atoms with Gasteiger partial charge in [-0.3, -0.25) is 9.69 Å². The molecule has 0 atom stereocenters. The molecule has 0 bridgehead atoms. The van der Waals surface area contributed by atoms with Crippen LogP contribution in [0.5, 0.6) is 5.75 Å². The second-order valence-electron chi connectivity index (χ2n) is 7.33. The summed E-state index contributed by atoms with van der Waals surface area (Å²) in [5.41, 5.74) is 2.76. The summed E-state index contributed by atoms with van der Waals surface area (Å²) < 4.78 is 5.92. The maximum absolute atomic E-state index is 13.0. The predicted octanol–water partition coefficient (Wildman–Crippen LogP) is 6.41. The Labute approximate surface area is 202 Å². The molecule has 1 aromatic heterocycles. The van der Waals surface area contributed by atoms with Crippen molar-refractivity contribution in [2.24, 2.45) is 4.99 Å². The largest absolute Gasteiger partial charge is 0.489 e. The van der Waals surface area contributed by atoms with E-state index in [-0.39, 0.29) is 5.91 Å². The lowest BCUT2D eigenvalue weighted by Crippen LogP contribution is -2.29. The number of benzene rings is 2. The van der Waals surface area contributed by atoms with Crippen molar-refractivity contribution >= 4 is 46.3 Å². The SMILES string of the molecule is C=CCN1C(=O)/C(=C/c2cccc(OCc3ccc(Cl)cc3)c2)S/C1=N/c1cccc(C)n1. The summed E-state index contributed by atoms with van der Waals surface area (Å²) in [5.74, 6) is 1.17. The van der Waals surface area contributed by atoms with Gasteiger partial charge in [0.25, 0.3) is 5.91 Å². The molecule has 0 aliphatic carbocycles. The summed E-state index contributed by atoms with van der Waals surface area (Å²) in [5, 5.41) is 1.28. The maximum atomic E-state index is 13.0. The average molecular weight is 476 g/mol.